The summed E-state index contributed by atoms with van der Waals surface area (Å²) in [5, 5.41) is 5.65. The average molecular weight is 531 g/mol. The standard InChI is InChI=1S/C24H26N4O2S4/c1-16(33-24(31)28-11-5-6-12-28)22(30)26-18-9-10-19-20(13-18)34-23(27-19)32-15-21(29)25-14-17-7-3-2-4-8-17/h2-4,7-10,13,16H,5-6,11-12,14-15H2,1H3,(H,25,29)(H,26,30). The average Bonchev–Trinajstić information content (AvgIpc) is 3.52. The quantitative estimate of drug-likeness (QED) is 0.308. The van der Waals surface area contributed by atoms with Gasteiger partial charge in [0.2, 0.25) is 11.8 Å². The molecule has 1 aliphatic rings. The number of rotatable bonds is 8. The molecule has 0 radical (unpaired) electrons. The maximum absolute atomic E-state index is 12.7. The third kappa shape index (κ3) is 6.94. The van der Waals surface area contributed by atoms with Gasteiger partial charge in [-0.3, -0.25) is 9.59 Å². The van der Waals surface area contributed by atoms with E-state index in [-0.39, 0.29) is 17.1 Å². The Morgan fingerprint density at radius 2 is 1.94 bits per heavy atom. The van der Waals surface area contributed by atoms with Crippen LogP contribution in [0.15, 0.2) is 52.9 Å². The second kappa shape index (κ2) is 12.0. The molecule has 1 saturated heterocycles. The molecule has 4 rings (SSSR count). The van der Waals surface area contributed by atoms with Gasteiger partial charge in [0.1, 0.15) is 4.32 Å². The van der Waals surface area contributed by atoms with Gasteiger partial charge in [0, 0.05) is 25.3 Å². The molecule has 1 atom stereocenters. The van der Waals surface area contributed by atoms with Crippen molar-refractivity contribution in [3.8, 4) is 0 Å². The first-order chi connectivity index (χ1) is 16.5. The molecule has 2 aromatic carbocycles. The van der Waals surface area contributed by atoms with Gasteiger partial charge in [-0.15, -0.1) is 11.3 Å². The molecule has 6 nitrogen and oxygen atoms in total. The molecule has 1 aliphatic heterocycles. The Hall–Kier alpha value is -2.14. The van der Waals surface area contributed by atoms with Gasteiger partial charge in [0.05, 0.1) is 21.2 Å². The zero-order valence-corrected chi connectivity index (χ0v) is 22.0. The molecule has 0 aliphatic carbocycles. The summed E-state index contributed by atoms with van der Waals surface area (Å²) in [6.07, 6.45) is 2.32. The topological polar surface area (TPSA) is 74.3 Å². The third-order valence-electron chi connectivity index (χ3n) is 5.31. The molecule has 0 saturated carbocycles. The number of hydrogen-bond acceptors (Lipinski definition) is 7. The molecule has 0 spiro atoms. The van der Waals surface area contributed by atoms with E-state index in [1.54, 1.807) is 0 Å². The SMILES string of the molecule is CC(SC(=S)N1CCCC1)C(=O)Nc1ccc2nc(SCC(=O)NCc3ccccc3)sc2c1. The van der Waals surface area contributed by atoms with E-state index in [9.17, 15) is 9.59 Å². The van der Waals surface area contributed by atoms with E-state index in [1.165, 1.54) is 34.9 Å². The van der Waals surface area contributed by atoms with Crippen molar-refractivity contribution in [1.82, 2.24) is 15.2 Å². The van der Waals surface area contributed by atoms with Gasteiger partial charge in [-0.05, 0) is 43.5 Å². The molecule has 1 unspecified atom stereocenters. The number of thioether (sulfide) groups is 2. The van der Waals surface area contributed by atoms with Crippen molar-refractivity contribution in [3.05, 3.63) is 54.1 Å². The highest BCUT2D eigenvalue weighted by atomic mass is 32.2. The number of fused-ring (bicyclic) bond motifs is 1. The first-order valence-electron chi connectivity index (χ1n) is 11.1. The Balaban J connectivity index is 1.27. The van der Waals surface area contributed by atoms with E-state index >= 15 is 0 Å². The van der Waals surface area contributed by atoms with Crippen LogP contribution in [0.4, 0.5) is 5.69 Å². The van der Waals surface area contributed by atoms with E-state index in [1.807, 2.05) is 55.5 Å². The van der Waals surface area contributed by atoms with Crippen molar-refractivity contribution in [2.45, 2.75) is 35.9 Å². The predicted molar refractivity (Wildman–Crippen MR) is 148 cm³/mol. The molecular formula is C24H26N4O2S4. The van der Waals surface area contributed by atoms with E-state index < -0.39 is 0 Å². The van der Waals surface area contributed by atoms with Crippen molar-refractivity contribution < 1.29 is 9.59 Å². The number of aromatic nitrogens is 1. The number of nitrogens with zero attached hydrogens (tertiary/aromatic N) is 2. The molecule has 1 fully saturated rings. The van der Waals surface area contributed by atoms with Crippen LogP contribution in [0.2, 0.25) is 0 Å². The van der Waals surface area contributed by atoms with Crippen LogP contribution in [0, 0.1) is 0 Å². The van der Waals surface area contributed by atoms with E-state index in [0.29, 0.717) is 12.3 Å². The number of thiazole rings is 1. The molecule has 178 valence electrons. The fraction of sp³-hybridized carbons (Fsp3) is 0.333. The van der Waals surface area contributed by atoms with Crippen LogP contribution in [0.3, 0.4) is 0 Å². The van der Waals surface area contributed by atoms with Crippen LogP contribution >= 0.6 is 47.1 Å². The van der Waals surface area contributed by atoms with Crippen LogP contribution in [0.1, 0.15) is 25.3 Å². The number of nitrogens with one attached hydrogen (secondary N) is 2. The van der Waals surface area contributed by atoms with Crippen LogP contribution in [0.25, 0.3) is 10.2 Å². The van der Waals surface area contributed by atoms with Gasteiger partial charge in [-0.1, -0.05) is 66.1 Å². The summed E-state index contributed by atoms with van der Waals surface area (Å²) >= 11 is 9.87. The highest BCUT2D eigenvalue weighted by molar-refractivity contribution is 8.23. The van der Waals surface area contributed by atoms with Gasteiger partial charge in [0.15, 0.2) is 4.34 Å². The van der Waals surface area contributed by atoms with Crippen LogP contribution in [-0.4, -0.2) is 50.1 Å². The number of thiocarbonyl (C=S) groups is 1. The molecule has 2 N–H and O–H groups in total. The number of anilines is 1. The normalized spacial score (nSPS) is 14.2. The number of hydrogen-bond donors (Lipinski definition) is 2. The lowest BCUT2D eigenvalue weighted by atomic mass is 10.2. The van der Waals surface area contributed by atoms with E-state index in [0.717, 1.165) is 56.1 Å². The van der Waals surface area contributed by atoms with Crippen molar-refractivity contribution in [1.29, 1.82) is 0 Å². The number of amides is 2. The molecule has 1 aromatic heterocycles. The molecule has 10 heteroatoms. The largest absolute Gasteiger partial charge is 0.358 e. The van der Waals surface area contributed by atoms with Crippen molar-refractivity contribution in [2.24, 2.45) is 0 Å². The number of carbonyl (C=O) groups excluding carboxylic acids is 2. The second-order valence-corrected chi connectivity index (χ2v) is 12.2. The van der Waals surface area contributed by atoms with Crippen LogP contribution in [0.5, 0.6) is 0 Å². The Kier molecular flexibility index (Phi) is 8.82. The molecule has 3 aromatic rings. The first kappa shape index (κ1) is 25.0. The Morgan fingerprint density at radius 1 is 1.18 bits per heavy atom. The Labute approximate surface area is 217 Å². The number of likely N-dealkylation sites (tertiary alicyclic amines) is 1. The van der Waals surface area contributed by atoms with Crippen molar-refractivity contribution in [3.63, 3.8) is 0 Å². The summed E-state index contributed by atoms with van der Waals surface area (Å²) in [7, 11) is 0. The monoisotopic (exact) mass is 530 g/mol. The highest BCUT2D eigenvalue weighted by Gasteiger charge is 2.21. The summed E-state index contributed by atoms with van der Waals surface area (Å²) in [5.41, 5.74) is 2.66. The third-order valence-corrected chi connectivity index (χ3v) is 9.04. The molecule has 0 bridgehead atoms. The number of carbonyl (C=O) groups is 2. The summed E-state index contributed by atoms with van der Waals surface area (Å²) in [6, 6.07) is 15.5. The van der Waals surface area contributed by atoms with Crippen molar-refractivity contribution >= 4 is 79.1 Å². The smallest absolute Gasteiger partial charge is 0.237 e. The summed E-state index contributed by atoms with van der Waals surface area (Å²) in [6.45, 7) is 4.36. The lowest BCUT2D eigenvalue weighted by Crippen LogP contribution is -2.29. The minimum absolute atomic E-state index is 0.0283. The summed E-state index contributed by atoms with van der Waals surface area (Å²) < 4.78 is 2.60. The number of benzene rings is 2. The van der Waals surface area contributed by atoms with Crippen LogP contribution in [-0.2, 0) is 16.1 Å². The first-order valence-corrected chi connectivity index (χ1v) is 14.2. The summed E-state index contributed by atoms with van der Waals surface area (Å²) in [4.78, 5) is 31.6. The lowest BCUT2D eigenvalue weighted by Gasteiger charge is -2.20. The Bertz CT molecular complexity index is 1160. The van der Waals surface area contributed by atoms with Gasteiger partial charge in [-0.25, -0.2) is 4.98 Å². The van der Waals surface area contributed by atoms with Gasteiger partial charge >= 0.3 is 0 Å². The van der Waals surface area contributed by atoms with Gasteiger partial charge in [0.25, 0.3) is 0 Å². The summed E-state index contributed by atoms with van der Waals surface area (Å²) in [5.74, 6) is 0.210. The van der Waals surface area contributed by atoms with E-state index in [2.05, 4.69) is 20.5 Å². The maximum atomic E-state index is 12.7. The van der Waals surface area contributed by atoms with E-state index in [4.69, 9.17) is 12.2 Å². The minimum Gasteiger partial charge on any atom is -0.358 e. The molecule has 2 amide bonds. The fourth-order valence-corrected chi connectivity index (χ4v) is 6.79. The van der Waals surface area contributed by atoms with Gasteiger partial charge < -0.3 is 15.5 Å². The maximum Gasteiger partial charge on any atom is 0.237 e. The van der Waals surface area contributed by atoms with Gasteiger partial charge in [-0.2, -0.15) is 0 Å². The molecule has 2 heterocycles. The lowest BCUT2D eigenvalue weighted by molar-refractivity contribution is -0.118. The zero-order valence-electron chi connectivity index (χ0n) is 18.8. The molecular weight excluding hydrogens is 505 g/mol. The predicted octanol–water partition coefficient (Wildman–Crippen LogP) is 5.15. The van der Waals surface area contributed by atoms with Crippen molar-refractivity contribution in [2.75, 3.05) is 24.2 Å². The minimum atomic E-state index is -0.272. The Morgan fingerprint density at radius 3 is 2.71 bits per heavy atom. The fourth-order valence-electron chi connectivity index (χ4n) is 3.44. The second-order valence-electron chi connectivity index (χ2n) is 7.92. The van der Waals surface area contributed by atoms with Crippen LogP contribution < -0.4 is 10.6 Å². The zero-order chi connectivity index (χ0) is 23.9. The highest BCUT2D eigenvalue weighted by Crippen LogP contribution is 2.31. The molecule has 34 heavy (non-hydrogen) atoms.